The zero-order valence-electron chi connectivity index (χ0n) is 13.8. The number of nitrogens with zero attached hydrogens (tertiary/aromatic N) is 1. The van der Waals surface area contributed by atoms with Gasteiger partial charge in [0.25, 0.3) is 0 Å². The molecular formula is C18H14N2O4S2. The Labute approximate surface area is 157 Å². The monoisotopic (exact) mass is 386 g/mol. The van der Waals surface area contributed by atoms with E-state index in [-0.39, 0.29) is 24.9 Å². The number of thiazole rings is 1. The minimum Gasteiger partial charge on any atom is -0.454 e. The molecule has 1 aliphatic heterocycles. The maximum absolute atomic E-state index is 12.4. The van der Waals surface area contributed by atoms with Gasteiger partial charge in [-0.3, -0.25) is 9.59 Å². The molecule has 0 spiro atoms. The quantitative estimate of drug-likeness (QED) is 0.671. The highest BCUT2D eigenvalue weighted by atomic mass is 32.1. The van der Waals surface area contributed by atoms with Gasteiger partial charge in [0, 0.05) is 17.0 Å². The van der Waals surface area contributed by atoms with Crippen LogP contribution in [0.15, 0.2) is 35.0 Å². The third-order valence-electron chi connectivity index (χ3n) is 3.79. The minimum atomic E-state index is -0.241. The lowest BCUT2D eigenvalue weighted by Crippen LogP contribution is -2.16. The first-order valence-corrected chi connectivity index (χ1v) is 9.59. The smallest absolute Gasteiger partial charge is 0.231 e. The number of ketones is 1. The van der Waals surface area contributed by atoms with Crippen molar-refractivity contribution in [1.82, 2.24) is 4.98 Å². The van der Waals surface area contributed by atoms with Crippen LogP contribution in [-0.2, 0) is 11.2 Å². The summed E-state index contributed by atoms with van der Waals surface area (Å²) >= 11 is 3.12. The highest BCUT2D eigenvalue weighted by Crippen LogP contribution is 2.37. The topological polar surface area (TPSA) is 77.5 Å². The molecule has 0 fully saturated rings. The van der Waals surface area contributed by atoms with Crippen LogP contribution in [0.4, 0.5) is 5.69 Å². The molecule has 132 valence electrons. The maximum Gasteiger partial charge on any atom is 0.231 e. The summed E-state index contributed by atoms with van der Waals surface area (Å²) in [6.45, 7) is 1.55. The molecule has 1 aliphatic rings. The van der Waals surface area contributed by atoms with E-state index < -0.39 is 0 Å². The van der Waals surface area contributed by atoms with Crippen molar-refractivity contribution in [3.63, 3.8) is 0 Å². The van der Waals surface area contributed by atoms with Gasteiger partial charge in [-0.1, -0.05) is 6.07 Å². The van der Waals surface area contributed by atoms with E-state index in [2.05, 4.69) is 10.3 Å². The number of amides is 1. The third kappa shape index (κ3) is 3.33. The number of Topliss-reactive ketones (excluding diaryl/α,β-unsaturated/α-hetero) is 1. The molecule has 1 N–H and O–H groups in total. The number of carbonyl (C=O) groups is 2. The largest absolute Gasteiger partial charge is 0.454 e. The number of hydrogen-bond acceptors (Lipinski definition) is 7. The molecule has 0 radical (unpaired) electrons. The Morgan fingerprint density at radius 1 is 1.23 bits per heavy atom. The Morgan fingerprint density at radius 3 is 2.77 bits per heavy atom. The molecular weight excluding hydrogens is 372 g/mol. The summed E-state index contributed by atoms with van der Waals surface area (Å²) in [6, 6.07) is 7.18. The summed E-state index contributed by atoms with van der Waals surface area (Å²) < 4.78 is 10.6. The zero-order valence-corrected chi connectivity index (χ0v) is 15.4. The van der Waals surface area contributed by atoms with Crippen LogP contribution in [-0.4, -0.2) is 23.5 Å². The number of ether oxygens (including phenoxy) is 2. The standard InChI is InChI=1S/C18H14N2O4S2/c1-10(21)12-6-14-15(24-9-23-14)7-13(12)20-17(22)5-11-8-26-18(19-11)16-3-2-4-25-16/h2-4,6-8H,5,9H2,1H3,(H,20,22). The number of aromatic nitrogens is 1. The number of carbonyl (C=O) groups excluding carboxylic acids is 2. The molecule has 0 bridgehead atoms. The molecule has 2 aromatic heterocycles. The Bertz CT molecular complexity index is 979. The summed E-state index contributed by atoms with van der Waals surface area (Å²) in [5.74, 6) is 0.619. The second-order valence-corrected chi connectivity index (χ2v) is 7.46. The van der Waals surface area contributed by atoms with Crippen LogP contribution in [0.1, 0.15) is 23.0 Å². The Balaban J connectivity index is 1.51. The van der Waals surface area contributed by atoms with Gasteiger partial charge in [-0.25, -0.2) is 4.98 Å². The van der Waals surface area contributed by atoms with E-state index in [1.165, 1.54) is 18.3 Å². The lowest BCUT2D eigenvalue weighted by molar-refractivity contribution is -0.115. The number of fused-ring (bicyclic) bond motifs is 1. The van der Waals surface area contributed by atoms with Crippen LogP contribution in [0.25, 0.3) is 9.88 Å². The molecule has 0 saturated carbocycles. The van der Waals surface area contributed by atoms with Crippen molar-refractivity contribution in [2.24, 2.45) is 0 Å². The predicted octanol–water partition coefficient (Wildman–Crippen LogP) is 3.98. The normalized spacial score (nSPS) is 12.2. The number of rotatable bonds is 5. The van der Waals surface area contributed by atoms with Gasteiger partial charge in [-0.15, -0.1) is 22.7 Å². The SMILES string of the molecule is CC(=O)c1cc2c(cc1NC(=O)Cc1csc(-c3cccs3)n1)OCO2. The summed E-state index contributed by atoms with van der Waals surface area (Å²) in [5, 5.41) is 7.55. The summed E-state index contributed by atoms with van der Waals surface area (Å²) in [5.41, 5.74) is 1.50. The third-order valence-corrected chi connectivity index (χ3v) is 5.72. The van der Waals surface area contributed by atoms with E-state index >= 15 is 0 Å². The fraction of sp³-hybridized carbons (Fsp3) is 0.167. The van der Waals surface area contributed by atoms with Crippen LogP contribution < -0.4 is 14.8 Å². The summed E-state index contributed by atoms with van der Waals surface area (Å²) in [7, 11) is 0. The molecule has 1 amide bonds. The summed E-state index contributed by atoms with van der Waals surface area (Å²) in [6.07, 6.45) is 0.133. The van der Waals surface area contributed by atoms with Gasteiger partial charge < -0.3 is 14.8 Å². The molecule has 3 aromatic rings. The Hall–Kier alpha value is -2.71. The Morgan fingerprint density at radius 2 is 2.04 bits per heavy atom. The predicted molar refractivity (Wildman–Crippen MR) is 100 cm³/mol. The van der Waals surface area contributed by atoms with Crippen molar-refractivity contribution < 1.29 is 19.1 Å². The molecule has 8 heteroatoms. The first kappa shape index (κ1) is 16.7. The second kappa shape index (κ2) is 6.89. The number of thiophene rings is 1. The first-order valence-electron chi connectivity index (χ1n) is 7.83. The minimum absolute atomic E-state index is 0.106. The molecule has 3 heterocycles. The van der Waals surface area contributed by atoms with E-state index in [9.17, 15) is 9.59 Å². The van der Waals surface area contributed by atoms with E-state index in [1.807, 2.05) is 22.9 Å². The van der Waals surface area contributed by atoms with Crippen molar-refractivity contribution >= 4 is 40.1 Å². The van der Waals surface area contributed by atoms with Crippen molar-refractivity contribution in [2.75, 3.05) is 12.1 Å². The van der Waals surface area contributed by atoms with Crippen LogP contribution in [0, 0.1) is 0 Å². The van der Waals surface area contributed by atoms with Crippen LogP contribution in [0.2, 0.25) is 0 Å². The van der Waals surface area contributed by atoms with Gasteiger partial charge in [-0.2, -0.15) is 0 Å². The first-order chi connectivity index (χ1) is 12.6. The number of hydrogen-bond donors (Lipinski definition) is 1. The average molecular weight is 386 g/mol. The highest BCUT2D eigenvalue weighted by Gasteiger charge is 2.20. The van der Waals surface area contributed by atoms with Crippen molar-refractivity contribution in [2.45, 2.75) is 13.3 Å². The molecule has 4 rings (SSSR count). The van der Waals surface area contributed by atoms with Gasteiger partial charge >= 0.3 is 0 Å². The Kier molecular flexibility index (Phi) is 4.44. The number of benzene rings is 1. The fourth-order valence-corrected chi connectivity index (χ4v) is 4.23. The van der Waals surface area contributed by atoms with E-state index in [4.69, 9.17) is 9.47 Å². The van der Waals surface area contributed by atoms with Gasteiger partial charge in [0.2, 0.25) is 12.7 Å². The second-order valence-electron chi connectivity index (χ2n) is 5.65. The summed E-state index contributed by atoms with van der Waals surface area (Å²) in [4.78, 5) is 29.9. The van der Waals surface area contributed by atoms with E-state index in [0.29, 0.717) is 28.4 Å². The van der Waals surface area contributed by atoms with Gasteiger partial charge in [0.1, 0.15) is 5.01 Å². The number of anilines is 1. The lowest BCUT2D eigenvalue weighted by Gasteiger charge is -2.10. The van der Waals surface area contributed by atoms with Crippen LogP contribution in [0.3, 0.4) is 0 Å². The molecule has 6 nitrogen and oxygen atoms in total. The molecule has 0 saturated heterocycles. The average Bonchev–Trinajstić information content (AvgIpc) is 3.34. The van der Waals surface area contributed by atoms with E-state index in [0.717, 1.165) is 9.88 Å². The molecule has 0 aliphatic carbocycles. The molecule has 0 atom stereocenters. The molecule has 1 aromatic carbocycles. The van der Waals surface area contributed by atoms with Crippen LogP contribution >= 0.6 is 22.7 Å². The van der Waals surface area contributed by atoms with Gasteiger partial charge in [0.15, 0.2) is 17.3 Å². The lowest BCUT2D eigenvalue weighted by atomic mass is 10.1. The van der Waals surface area contributed by atoms with Gasteiger partial charge in [-0.05, 0) is 24.4 Å². The number of nitrogens with one attached hydrogen (secondary N) is 1. The van der Waals surface area contributed by atoms with Crippen molar-refractivity contribution in [1.29, 1.82) is 0 Å². The molecule has 0 unspecified atom stereocenters. The zero-order chi connectivity index (χ0) is 18.1. The molecule has 26 heavy (non-hydrogen) atoms. The highest BCUT2D eigenvalue weighted by molar-refractivity contribution is 7.20. The van der Waals surface area contributed by atoms with Crippen LogP contribution in [0.5, 0.6) is 11.5 Å². The van der Waals surface area contributed by atoms with Crippen molar-refractivity contribution in [3.8, 4) is 21.4 Å². The maximum atomic E-state index is 12.4. The van der Waals surface area contributed by atoms with Gasteiger partial charge in [0.05, 0.1) is 22.7 Å². The fourth-order valence-electron chi connectivity index (χ4n) is 2.60. The van der Waals surface area contributed by atoms with Crippen molar-refractivity contribution in [3.05, 3.63) is 46.3 Å². The van der Waals surface area contributed by atoms with E-state index in [1.54, 1.807) is 23.5 Å².